The van der Waals surface area contributed by atoms with Gasteiger partial charge in [0.2, 0.25) is 0 Å². The summed E-state index contributed by atoms with van der Waals surface area (Å²) in [6, 6.07) is 11.1. The fourth-order valence-corrected chi connectivity index (χ4v) is 4.00. The number of aliphatic hydroxyl groups is 1. The quantitative estimate of drug-likeness (QED) is 0.125. The SMILES string of the molecule is O=C(O)CCCCCN1C(=O)C(=O)C(=C(O)c2ccc(Br)cc2)C1c1ccc([N+](=O)[O-])cc1. The Morgan fingerprint density at radius 3 is 2.21 bits per heavy atom. The zero-order chi connectivity index (χ0) is 24.1. The van der Waals surface area contributed by atoms with E-state index in [9.17, 15) is 29.6 Å². The third-order valence-corrected chi connectivity index (χ3v) is 5.90. The number of nitrogens with zero attached hydrogens (tertiary/aromatic N) is 2. The Morgan fingerprint density at radius 2 is 1.64 bits per heavy atom. The molecular formula is C23H21BrN2O7. The van der Waals surface area contributed by atoms with Gasteiger partial charge >= 0.3 is 5.97 Å². The second-order valence-corrected chi connectivity index (χ2v) is 8.47. The van der Waals surface area contributed by atoms with Crippen LogP contribution in [0, 0.1) is 10.1 Å². The molecule has 3 rings (SSSR count). The van der Waals surface area contributed by atoms with E-state index in [0.29, 0.717) is 30.4 Å². The molecule has 0 spiro atoms. The summed E-state index contributed by atoms with van der Waals surface area (Å²) in [7, 11) is 0. The van der Waals surface area contributed by atoms with Crippen LogP contribution in [0.4, 0.5) is 5.69 Å². The summed E-state index contributed by atoms with van der Waals surface area (Å²) in [5.74, 6) is -2.87. The number of rotatable bonds is 9. The molecule has 1 aliphatic rings. The number of benzene rings is 2. The molecule has 1 unspecified atom stereocenters. The Morgan fingerprint density at radius 1 is 1.00 bits per heavy atom. The summed E-state index contributed by atoms with van der Waals surface area (Å²) in [5.41, 5.74) is 0.563. The second kappa shape index (κ2) is 10.4. The number of nitro groups is 1. The number of carbonyl (C=O) groups is 3. The number of amides is 1. The molecule has 0 bridgehead atoms. The van der Waals surface area contributed by atoms with E-state index < -0.39 is 28.6 Å². The van der Waals surface area contributed by atoms with Crippen molar-refractivity contribution >= 4 is 45.0 Å². The number of ketones is 1. The Hall–Kier alpha value is -3.53. The second-order valence-electron chi connectivity index (χ2n) is 7.55. The number of carbonyl (C=O) groups excluding carboxylic acids is 2. The van der Waals surface area contributed by atoms with Gasteiger partial charge in [0.25, 0.3) is 17.4 Å². The smallest absolute Gasteiger partial charge is 0.303 e. The van der Waals surface area contributed by atoms with Crippen LogP contribution in [0.3, 0.4) is 0 Å². The van der Waals surface area contributed by atoms with Crippen LogP contribution in [0.15, 0.2) is 58.6 Å². The lowest BCUT2D eigenvalue weighted by Crippen LogP contribution is -2.30. The van der Waals surface area contributed by atoms with E-state index in [1.807, 2.05) is 0 Å². The van der Waals surface area contributed by atoms with Gasteiger partial charge in [-0.1, -0.05) is 34.5 Å². The first-order valence-corrected chi connectivity index (χ1v) is 11.0. The summed E-state index contributed by atoms with van der Waals surface area (Å²) >= 11 is 3.31. The van der Waals surface area contributed by atoms with Gasteiger partial charge in [-0.3, -0.25) is 24.5 Å². The zero-order valence-corrected chi connectivity index (χ0v) is 19.0. The highest BCUT2D eigenvalue weighted by atomic mass is 79.9. The topological polar surface area (TPSA) is 138 Å². The molecule has 2 aromatic carbocycles. The molecule has 172 valence electrons. The van der Waals surface area contributed by atoms with E-state index in [0.717, 1.165) is 4.47 Å². The number of halogens is 1. The first kappa shape index (κ1) is 24.1. The number of aliphatic carboxylic acids is 1. The average molecular weight is 517 g/mol. The monoisotopic (exact) mass is 516 g/mol. The van der Waals surface area contributed by atoms with E-state index in [1.54, 1.807) is 24.3 Å². The van der Waals surface area contributed by atoms with Gasteiger partial charge in [0.15, 0.2) is 0 Å². The van der Waals surface area contributed by atoms with Crippen molar-refractivity contribution in [3.63, 3.8) is 0 Å². The van der Waals surface area contributed by atoms with Crippen LogP contribution in [0.5, 0.6) is 0 Å². The van der Waals surface area contributed by atoms with Crippen LogP contribution in [0.25, 0.3) is 5.76 Å². The van der Waals surface area contributed by atoms with Gasteiger partial charge in [-0.15, -0.1) is 0 Å². The fourth-order valence-electron chi connectivity index (χ4n) is 3.73. The Bertz CT molecular complexity index is 1110. The number of non-ortho nitro benzene ring substituents is 1. The van der Waals surface area contributed by atoms with E-state index in [1.165, 1.54) is 29.2 Å². The summed E-state index contributed by atoms with van der Waals surface area (Å²) in [5, 5.41) is 30.8. The van der Waals surface area contributed by atoms with Gasteiger partial charge in [-0.2, -0.15) is 0 Å². The minimum Gasteiger partial charge on any atom is -0.507 e. The van der Waals surface area contributed by atoms with Crippen molar-refractivity contribution in [1.82, 2.24) is 4.90 Å². The highest BCUT2D eigenvalue weighted by molar-refractivity contribution is 9.10. The number of hydrogen-bond acceptors (Lipinski definition) is 6. The first-order chi connectivity index (χ1) is 15.7. The minimum absolute atomic E-state index is 0.00810. The highest BCUT2D eigenvalue weighted by Crippen LogP contribution is 2.40. The van der Waals surface area contributed by atoms with E-state index >= 15 is 0 Å². The lowest BCUT2D eigenvalue weighted by Gasteiger charge is -2.25. The maximum Gasteiger partial charge on any atom is 0.303 e. The summed E-state index contributed by atoms with van der Waals surface area (Å²) in [4.78, 5) is 48.3. The highest BCUT2D eigenvalue weighted by Gasteiger charge is 2.45. The van der Waals surface area contributed by atoms with Crippen molar-refractivity contribution in [2.24, 2.45) is 0 Å². The third-order valence-electron chi connectivity index (χ3n) is 5.37. The van der Waals surface area contributed by atoms with Gasteiger partial charge in [0, 0.05) is 35.1 Å². The minimum atomic E-state index is -0.922. The Balaban J connectivity index is 1.99. The van der Waals surface area contributed by atoms with Crippen LogP contribution in [-0.2, 0) is 14.4 Å². The Kier molecular flexibility index (Phi) is 7.59. The number of Topliss-reactive ketones (excluding diaryl/α,β-unsaturated/α-hetero) is 1. The average Bonchev–Trinajstić information content (AvgIpc) is 3.03. The van der Waals surface area contributed by atoms with Crippen LogP contribution < -0.4 is 0 Å². The van der Waals surface area contributed by atoms with Gasteiger partial charge < -0.3 is 15.1 Å². The lowest BCUT2D eigenvalue weighted by atomic mass is 9.95. The normalized spacial score (nSPS) is 17.4. The van der Waals surface area contributed by atoms with Crippen molar-refractivity contribution in [2.75, 3.05) is 6.54 Å². The molecule has 1 saturated heterocycles. The molecule has 2 N–H and O–H groups in total. The number of unbranched alkanes of at least 4 members (excludes halogenated alkanes) is 2. The fraction of sp³-hybridized carbons (Fsp3) is 0.261. The maximum absolute atomic E-state index is 12.9. The molecule has 0 radical (unpaired) electrons. The van der Waals surface area contributed by atoms with Crippen molar-refractivity contribution in [1.29, 1.82) is 0 Å². The molecule has 1 atom stereocenters. The molecule has 1 heterocycles. The van der Waals surface area contributed by atoms with Gasteiger partial charge in [0.05, 0.1) is 16.5 Å². The molecule has 0 aromatic heterocycles. The molecule has 1 amide bonds. The predicted molar refractivity (Wildman–Crippen MR) is 122 cm³/mol. The molecule has 33 heavy (non-hydrogen) atoms. The maximum atomic E-state index is 12.9. The first-order valence-electron chi connectivity index (χ1n) is 10.2. The molecule has 1 aliphatic heterocycles. The number of carboxylic acid groups (broad SMARTS) is 1. The predicted octanol–water partition coefficient (Wildman–Crippen LogP) is 4.42. The molecule has 0 aliphatic carbocycles. The van der Waals surface area contributed by atoms with Gasteiger partial charge in [-0.05, 0) is 42.7 Å². The standard InChI is InChI=1S/C23H21BrN2O7/c24-16-9-5-15(6-10-16)21(29)19-20(14-7-11-17(12-8-14)26(32)33)25(23(31)22(19)30)13-3-1-2-4-18(27)28/h5-12,20,29H,1-4,13H2,(H,27,28). The summed E-state index contributed by atoms with van der Waals surface area (Å²) < 4.78 is 0.771. The third kappa shape index (κ3) is 5.46. The number of aliphatic hydroxyl groups excluding tert-OH is 1. The largest absolute Gasteiger partial charge is 0.507 e. The molecule has 1 fully saturated rings. The van der Waals surface area contributed by atoms with Crippen molar-refractivity contribution < 1.29 is 29.5 Å². The number of carboxylic acids is 1. The molecule has 9 nitrogen and oxygen atoms in total. The molecule has 2 aromatic rings. The van der Waals surface area contributed by atoms with E-state index in [2.05, 4.69) is 15.9 Å². The van der Waals surface area contributed by atoms with Gasteiger partial charge in [0.1, 0.15) is 5.76 Å². The number of hydrogen-bond donors (Lipinski definition) is 2. The van der Waals surface area contributed by atoms with Crippen molar-refractivity contribution in [3.8, 4) is 0 Å². The molecule has 10 heteroatoms. The van der Waals surface area contributed by atoms with Crippen molar-refractivity contribution in [3.05, 3.63) is 79.8 Å². The van der Waals surface area contributed by atoms with E-state index in [-0.39, 0.29) is 30.0 Å². The van der Waals surface area contributed by atoms with Crippen LogP contribution in [0.2, 0.25) is 0 Å². The summed E-state index contributed by atoms with van der Waals surface area (Å²) in [6.07, 6.45) is 1.44. The van der Waals surface area contributed by atoms with Gasteiger partial charge in [-0.25, -0.2) is 0 Å². The van der Waals surface area contributed by atoms with Crippen LogP contribution in [0.1, 0.15) is 42.9 Å². The number of likely N-dealkylation sites (tertiary alicyclic amines) is 1. The van der Waals surface area contributed by atoms with Crippen LogP contribution >= 0.6 is 15.9 Å². The van der Waals surface area contributed by atoms with Crippen molar-refractivity contribution in [2.45, 2.75) is 31.7 Å². The van der Waals surface area contributed by atoms with E-state index in [4.69, 9.17) is 5.11 Å². The summed E-state index contributed by atoms with van der Waals surface area (Å²) in [6.45, 7) is 0.170. The molecule has 0 saturated carbocycles. The lowest BCUT2D eigenvalue weighted by molar-refractivity contribution is -0.384. The zero-order valence-electron chi connectivity index (χ0n) is 17.4. The number of nitro benzene ring substituents is 1. The molecular weight excluding hydrogens is 496 g/mol. The van der Waals surface area contributed by atoms with Crippen LogP contribution in [-0.4, -0.2) is 44.2 Å². The Labute approximate surface area is 197 Å².